The number of alkyl halides is 3. The average molecular weight is 574 g/mol. The molecule has 2 aliphatic heterocycles. The number of rotatable bonds is 6. The van der Waals surface area contributed by atoms with E-state index >= 15 is 0 Å². The van der Waals surface area contributed by atoms with Crippen LogP contribution in [0, 0.1) is 17.5 Å². The highest BCUT2D eigenvalue weighted by Crippen LogP contribution is 2.43. The van der Waals surface area contributed by atoms with E-state index in [4.69, 9.17) is 9.47 Å². The predicted molar refractivity (Wildman–Crippen MR) is 124 cm³/mol. The summed E-state index contributed by atoms with van der Waals surface area (Å²) < 4.78 is 93.0. The molecule has 5 rings (SSSR count). The number of hydrogen-bond acceptors (Lipinski definition) is 8. The van der Waals surface area contributed by atoms with Gasteiger partial charge in [-0.3, -0.25) is 0 Å². The van der Waals surface area contributed by atoms with E-state index in [2.05, 4.69) is 15.6 Å². The predicted octanol–water partition coefficient (Wildman–Crippen LogP) is 2.31. The van der Waals surface area contributed by atoms with E-state index in [1.165, 1.54) is 12.1 Å². The fourth-order valence-electron chi connectivity index (χ4n) is 5.11. The lowest BCUT2D eigenvalue weighted by molar-refractivity contribution is -0.345. The van der Waals surface area contributed by atoms with Gasteiger partial charge in [0.05, 0.1) is 31.0 Å². The Balaban J connectivity index is 1.42. The third-order valence-electron chi connectivity index (χ3n) is 7.10. The molecule has 15 heteroatoms. The zero-order chi connectivity index (χ0) is 28.8. The van der Waals surface area contributed by atoms with Gasteiger partial charge in [-0.25, -0.2) is 17.9 Å². The highest BCUT2D eigenvalue weighted by molar-refractivity contribution is 5.58. The number of benzene rings is 2. The molecule has 1 aromatic heterocycles. The third-order valence-corrected chi connectivity index (χ3v) is 7.10. The van der Waals surface area contributed by atoms with Crippen LogP contribution in [0.3, 0.4) is 0 Å². The van der Waals surface area contributed by atoms with Gasteiger partial charge in [0.2, 0.25) is 5.79 Å². The molecule has 216 valence electrons. The largest absolute Gasteiger partial charge is 0.416 e. The van der Waals surface area contributed by atoms with Gasteiger partial charge in [0.15, 0.2) is 17.5 Å². The number of ether oxygens (including phenoxy) is 2. The molecule has 3 aromatic rings. The first kappa shape index (κ1) is 28.4. The first-order chi connectivity index (χ1) is 18.9. The van der Waals surface area contributed by atoms with Crippen molar-refractivity contribution in [3.63, 3.8) is 0 Å². The van der Waals surface area contributed by atoms with Crippen LogP contribution < -0.4 is 5.32 Å². The zero-order valence-corrected chi connectivity index (χ0v) is 20.5. The maximum atomic E-state index is 13.8. The molecule has 0 radical (unpaired) electrons. The van der Waals surface area contributed by atoms with Crippen molar-refractivity contribution in [2.75, 3.05) is 13.2 Å². The molecular formula is C25H24F6N4O5. The number of aliphatic hydroxyl groups excluding tert-OH is 3. The molecule has 1 spiro atoms. The lowest BCUT2D eigenvalue weighted by Crippen LogP contribution is -2.68. The summed E-state index contributed by atoms with van der Waals surface area (Å²) >= 11 is 0. The SMILES string of the molecule is OC[C@H]1O[C@]2(OCC[C@H]2NCc2cccc(C(F)(F)F)c2)[C@H](O)[C@@H](n2cc(-c3cc(F)c(F)c(F)c3)nn2)[C@H]1O. The third kappa shape index (κ3) is 5.08. The second-order valence-corrected chi connectivity index (χ2v) is 9.59. The summed E-state index contributed by atoms with van der Waals surface area (Å²) in [5.41, 5.74) is -0.795. The number of nitrogens with zero attached hydrogens (tertiary/aromatic N) is 3. The number of nitrogens with one attached hydrogen (secondary N) is 1. The topological polar surface area (TPSA) is 122 Å². The minimum atomic E-state index is -4.53. The highest BCUT2D eigenvalue weighted by Gasteiger charge is 2.61. The van der Waals surface area contributed by atoms with Crippen LogP contribution in [0.2, 0.25) is 0 Å². The second kappa shape index (κ2) is 10.7. The Hall–Kier alpha value is -3.08. The average Bonchev–Trinajstić information content (AvgIpc) is 3.56. The molecule has 0 bridgehead atoms. The Morgan fingerprint density at radius 2 is 1.82 bits per heavy atom. The Bertz CT molecular complexity index is 1350. The molecule has 0 saturated carbocycles. The lowest BCUT2D eigenvalue weighted by Gasteiger charge is -2.49. The number of hydrogen-bond donors (Lipinski definition) is 4. The van der Waals surface area contributed by atoms with Gasteiger partial charge in [0.1, 0.15) is 30.0 Å². The molecule has 0 amide bonds. The maximum absolute atomic E-state index is 13.8. The number of aliphatic hydroxyl groups is 3. The van der Waals surface area contributed by atoms with Gasteiger partial charge in [-0.15, -0.1) is 5.10 Å². The quantitative estimate of drug-likeness (QED) is 0.262. The van der Waals surface area contributed by atoms with Gasteiger partial charge in [-0.2, -0.15) is 13.2 Å². The first-order valence-electron chi connectivity index (χ1n) is 12.2. The molecule has 3 heterocycles. The summed E-state index contributed by atoms with van der Waals surface area (Å²) in [6.07, 6.45) is -7.63. The van der Waals surface area contributed by atoms with Crippen LogP contribution in [-0.4, -0.2) is 73.7 Å². The molecule has 0 unspecified atom stereocenters. The monoisotopic (exact) mass is 574 g/mol. The number of aromatic nitrogens is 3. The van der Waals surface area contributed by atoms with E-state index in [0.717, 1.165) is 23.0 Å². The first-order valence-corrected chi connectivity index (χ1v) is 12.2. The van der Waals surface area contributed by atoms with Crippen molar-refractivity contribution >= 4 is 0 Å². The van der Waals surface area contributed by atoms with E-state index in [1.54, 1.807) is 0 Å². The summed E-state index contributed by atoms with van der Waals surface area (Å²) in [6, 6.07) is 3.94. The Labute approximate surface area is 222 Å². The summed E-state index contributed by atoms with van der Waals surface area (Å²) in [5, 5.41) is 43.0. The van der Waals surface area contributed by atoms with Crippen LogP contribution in [0.25, 0.3) is 11.3 Å². The van der Waals surface area contributed by atoms with Crippen molar-refractivity contribution in [2.24, 2.45) is 0 Å². The van der Waals surface area contributed by atoms with E-state index in [9.17, 15) is 41.7 Å². The van der Waals surface area contributed by atoms with Gasteiger partial charge in [0.25, 0.3) is 0 Å². The Morgan fingerprint density at radius 3 is 2.50 bits per heavy atom. The van der Waals surface area contributed by atoms with Crippen LogP contribution in [0.15, 0.2) is 42.6 Å². The smallest absolute Gasteiger partial charge is 0.394 e. The molecule has 2 fully saturated rings. The molecule has 9 nitrogen and oxygen atoms in total. The van der Waals surface area contributed by atoms with E-state index in [-0.39, 0.29) is 30.8 Å². The normalized spacial score (nSPS) is 28.9. The van der Waals surface area contributed by atoms with E-state index in [1.807, 2.05) is 0 Å². The molecule has 0 aliphatic carbocycles. The molecular weight excluding hydrogens is 550 g/mol. The van der Waals surface area contributed by atoms with Crippen LogP contribution in [-0.2, 0) is 22.2 Å². The summed E-state index contributed by atoms with van der Waals surface area (Å²) in [5.74, 6) is -6.44. The molecule has 40 heavy (non-hydrogen) atoms. The fourth-order valence-corrected chi connectivity index (χ4v) is 5.11. The lowest BCUT2D eigenvalue weighted by atomic mass is 9.86. The maximum Gasteiger partial charge on any atom is 0.416 e. The van der Waals surface area contributed by atoms with Crippen LogP contribution in [0.5, 0.6) is 0 Å². The van der Waals surface area contributed by atoms with Crippen LogP contribution in [0.1, 0.15) is 23.6 Å². The van der Waals surface area contributed by atoms with Crippen molar-refractivity contribution in [3.05, 3.63) is 71.2 Å². The molecule has 2 aromatic carbocycles. The fraction of sp³-hybridized carbons (Fsp3) is 0.440. The second-order valence-electron chi connectivity index (χ2n) is 9.59. The molecule has 2 saturated heterocycles. The van der Waals surface area contributed by atoms with Gasteiger partial charge in [0, 0.05) is 12.1 Å². The number of halogens is 6. The van der Waals surface area contributed by atoms with Crippen molar-refractivity contribution in [3.8, 4) is 11.3 Å². The van der Waals surface area contributed by atoms with Crippen molar-refractivity contribution in [2.45, 2.75) is 55.3 Å². The molecule has 4 N–H and O–H groups in total. The minimum absolute atomic E-state index is 0.0536. The summed E-state index contributed by atoms with van der Waals surface area (Å²) in [6.45, 7) is -0.692. The minimum Gasteiger partial charge on any atom is -0.394 e. The zero-order valence-electron chi connectivity index (χ0n) is 20.5. The molecule has 2 aliphatic rings. The van der Waals surface area contributed by atoms with E-state index in [0.29, 0.717) is 17.7 Å². The van der Waals surface area contributed by atoms with E-state index < -0.39 is 72.0 Å². The van der Waals surface area contributed by atoms with Crippen LogP contribution >= 0.6 is 0 Å². The Morgan fingerprint density at radius 1 is 1.10 bits per heavy atom. The summed E-state index contributed by atoms with van der Waals surface area (Å²) in [7, 11) is 0. The van der Waals surface area contributed by atoms with Crippen molar-refractivity contribution in [1.82, 2.24) is 20.3 Å². The standard InChI is InChI=1S/C25H24F6N4O5/c26-15-7-13(8-16(27)20(15)28)17-10-35(34-33-17)21-22(37)18(11-36)40-24(23(21)38)19(4-5-39-24)32-9-12-2-1-3-14(6-12)25(29,30)31/h1-3,6-8,10,18-19,21-23,32,36-38H,4-5,9,11H2/t18-,19-,21+,22+,23-,24+/m1/s1. The van der Waals surface area contributed by atoms with Crippen LogP contribution in [0.4, 0.5) is 26.3 Å². The van der Waals surface area contributed by atoms with Gasteiger partial charge < -0.3 is 30.1 Å². The highest BCUT2D eigenvalue weighted by atomic mass is 19.4. The summed E-state index contributed by atoms with van der Waals surface area (Å²) in [4.78, 5) is 0. The van der Waals surface area contributed by atoms with Gasteiger partial charge in [-0.05, 0) is 30.2 Å². The van der Waals surface area contributed by atoms with Crippen molar-refractivity contribution in [1.29, 1.82) is 0 Å². The van der Waals surface area contributed by atoms with Crippen molar-refractivity contribution < 1.29 is 51.1 Å². The van der Waals surface area contributed by atoms with Gasteiger partial charge in [-0.1, -0.05) is 23.4 Å². The Kier molecular flexibility index (Phi) is 7.62. The molecule has 6 atom stereocenters. The van der Waals surface area contributed by atoms with Gasteiger partial charge >= 0.3 is 6.18 Å².